The molecule has 0 N–H and O–H groups in total. The number of hydrogen-bond donors (Lipinski definition) is 0. The number of carbonyl (C=O) groups is 1. The van der Waals surface area contributed by atoms with Gasteiger partial charge in [0.05, 0.1) is 16.4 Å². The van der Waals surface area contributed by atoms with E-state index in [1.54, 1.807) is 6.07 Å². The van der Waals surface area contributed by atoms with Gasteiger partial charge in [-0.15, -0.1) is 5.10 Å². The SMILES string of the molecule is O=C(c1cccc(-n2cnnn2)c1)N1CCN(c2ccccc2Cl)CC1. The van der Waals surface area contributed by atoms with Crippen molar-refractivity contribution in [3.05, 3.63) is 65.4 Å². The third-order valence-electron chi connectivity index (χ3n) is 4.47. The number of para-hydroxylation sites is 1. The Morgan fingerprint density at radius 2 is 1.81 bits per heavy atom. The lowest BCUT2D eigenvalue weighted by molar-refractivity contribution is 0.0747. The Morgan fingerprint density at radius 3 is 2.54 bits per heavy atom. The van der Waals surface area contributed by atoms with E-state index in [4.69, 9.17) is 11.6 Å². The first-order valence-electron chi connectivity index (χ1n) is 8.34. The molecular formula is C18H17ClN6O. The molecule has 7 nitrogen and oxygen atoms in total. The summed E-state index contributed by atoms with van der Waals surface area (Å²) in [6.45, 7) is 2.81. The van der Waals surface area contributed by atoms with E-state index in [1.807, 2.05) is 47.4 Å². The Bertz CT molecular complexity index is 906. The van der Waals surface area contributed by atoms with Crippen LogP contribution in [0.25, 0.3) is 5.69 Å². The molecule has 0 saturated carbocycles. The molecule has 1 amide bonds. The summed E-state index contributed by atoms with van der Waals surface area (Å²) in [4.78, 5) is 16.9. The van der Waals surface area contributed by atoms with Gasteiger partial charge >= 0.3 is 0 Å². The molecule has 1 aromatic heterocycles. The summed E-state index contributed by atoms with van der Waals surface area (Å²) < 4.78 is 1.53. The fourth-order valence-corrected chi connectivity index (χ4v) is 3.36. The molecule has 0 bridgehead atoms. The molecule has 4 rings (SSSR count). The van der Waals surface area contributed by atoms with Gasteiger partial charge in [0.25, 0.3) is 5.91 Å². The second-order valence-electron chi connectivity index (χ2n) is 6.04. The van der Waals surface area contributed by atoms with Crippen LogP contribution in [0.2, 0.25) is 5.02 Å². The largest absolute Gasteiger partial charge is 0.367 e. The van der Waals surface area contributed by atoms with Crippen LogP contribution in [0.15, 0.2) is 54.9 Å². The quantitative estimate of drug-likeness (QED) is 0.709. The highest BCUT2D eigenvalue weighted by atomic mass is 35.5. The van der Waals surface area contributed by atoms with E-state index in [1.165, 1.54) is 11.0 Å². The zero-order valence-electron chi connectivity index (χ0n) is 14.0. The van der Waals surface area contributed by atoms with Gasteiger partial charge < -0.3 is 9.80 Å². The molecule has 1 aliphatic heterocycles. The summed E-state index contributed by atoms with van der Waals surface area (Å²) in [5.41, 5.74) is 2.40. The number of piperazine rings is 1. The summed E-state index contributed by atoms with van der Waals surface area (Å²) in [5.74, 6) is 0.0127. The summed E-state index contributed by atoms with van der Waals surface area (Å²) in [5, 5.41) is 11.9. The molecular weight excluding hydrogens is 352 g/mol. The number of amides is 1. The predicted octanol–water partition coefficient (Wildman–Crippen LogP) is 2.28. The van der Waals surface area contributed by atoms with Crippen LogP contribution in [0.4, 0.5) is 5.69 Å². The minimum atomic E-state index is 0.0127. The molecule has 0 aliphatic carbocycles. The lowest BCUT2D eigenvalue weighted by Gasteiger charge is -2.36. The number of tetrazole rings is 1. The summed E-state index contributed by atoms with van der Waals surface area (Å²) in [6, 6.07) is 15.1. The molecule has 1 fully saturated rings. The minimum absolute atomic E-state index is 0.0127. The van der Waals surface area contributed by atoms with Crippen molar-refractivity contribution in [1.82, 2.24) is 25.1 Å². The van der Waals surface area contributed by atoms with Crippen LogP contribution in [0, 0.1) is 0 Å². The normalized spacial score (nSPS) is 14.5. The fourth-order valence-electron chi connectivity index (χ4n) is 3.10. The highest BCUT2D eigenvalue weighted by Crippen LogP contribution is 2.26. The smallest absolute Gasteiger partial charge is 0.254 e. The van der Waals surface area contributed by atoms with Gasteiger partial charge in [0.2, 0.25) is 0 Å². The Labute approximate surface area is 155 Å². The van der Waals surface area contributed by atoms with E-state index in [-0.39, 0.29) is 5.91 Å². The van der Waals surface area contributed by atoms with Crippen LogP contribution in [0.5, 0.6) is 0 Å². The van der Waals surface area contributed by atoms with Crippen LogP contribution >= 0.6 is 11.6 Å². The van der Waals surface area contributed by atoms with Crippen molar-refractivity contribution >= 4 is 23.2 Å². The third kappa shape index (κ3) is 3.25. The van der Waals surface area contributed by atoms with E-state index in [0.717, 1.165) is 29.5 Å². The lowest BCUT2D eigenvalue weighted by atomic mass is 10.1. The maximum atomic E-state index is 12.9. The highest BCUT2D eigenvalue weighted by molar-refractivity contribution is 6.33. The standard InChI is InChI=1S/C18H17ClN6O/c19-16-6-1-2-7-17(16)23-8-10-24(11-9-23)18(26)14-4-3-5-15(12-14)25-13-20-21-22-25/h1-7,12-13H,8-11H2. The van der Waals surface area contributed by atoms with Crippen molar-refractivity contribution in [3.63, 3.8) is 0 Å². The third-order valence-corrected chi connectivity index (χ3v) is 4.79. The predicted molar refractivity (Wildman–Crippen MR) is 98.7 cm³/mol. The number of nitrogens with zero attached hydrogens (tertiary/aromatic N) is 6. The Balaban J connectivity index is 1.46. The maximum absolute atomic E-state index is 12.9. The monoisotopic (exact) mass is 368 g/mol. The van der Waals surface area contributed by atoms with Crippen molar-refractivity contribution in [1.29, 1.82) is 0 Å². The molecule has 0 radical (unpaired) electrons. The van der Waals surface area contributed by atoms with E-state index < -0.39 is 0 Å². The molecule has 0 spiro atoms. The van der Waals surface area contributed by atoms with E-state index in [0.29, 0.717) is 18.7 Å². The maximum Gasteiger partial charge on any atom is 0.254 e. The minimum Gasteiger partial charge on any atom is -0.367 e. The molecule has 0 atom stereocenters. The summed E-state index contributed by atoms with van der Waals surface area (Å²) in [7, 11) is 0. The van der Waals surface area contributed by atoms with Gasteiger partial charge in [0.15, 0.2) is 0 Å². The van der Waals surface area contributed by atoms with Crippen molar-refractivity contribution in [3.8, 4) is 5.69 Å². The summed E-state index contributed by atoms with van der Waals surface area (Å²) in [6.07, 6.45) is 1.51. The first-order valence-corrected chi connectivity index (χ1v) is 8.72. The number of hydrogen-bond acceptors (Lipinski definition) is 5. The van der Waals surface area contributed by atoms with Crippen molar-refractivity contribution < 1.29 is 4.79 Å². The Kier molecular flexibility index (Phi) is 4.53. The van der Waals surface area contributed by atoms with Gasteiger partial charge in [-0.1, -0.05) is 29.8 Å². The zero-order valence-corrected chi connectivity index (χ0v) is 14.8. The molecule has 26 heavy (non-hydrogen) atoms. The first kappa shape index (κ1) is 16.5. The molecule has 2 heterocycles. The molecule has 2 aromatic carbocycles. The second-order valence-corrected chi connectivity index (χ2v) is 6.44. The average molecular weight is 369 g/mol. The van der Waals surface area contributed by atoms with Crippen molar-refractivity contribution in [2.45, 2.75) is 0 Å². The highest BCUT2D eigenvalue weighted by Gasteiger charge is 2.23. The molecule has 132 valence electrons. The van der Waals surface area contributed by atoms with Gasteiger partial charge in [-0.3, -0.25) is 4.79 Å². The van der Waals surface area contributed by atoms with Crippen molar-refractivity contribution in [2.75, 3.05) is 31.1 Å². The van der Waals surface area contributed by atoms with Crippen LogP contribution in [-0.4, -0.2) is 57.2 Å². The topological polar surface area (TPSA) is 67.2 Å². The van der Waals surface area contributed by atoms with Crippen LogP contribution < -0.4 is 4.90 Å². The van der Waals surface area contributed by atoms with Crippen LogP contribution in [0.1, 0.15) is 10.4 Å². The number of halogens is 1. The van der Waals surface area contributed by atoms with Crippen LogP contribution in [-0.2, 0) is 0 Å². The second kappa shape index (κ2) is 7.13. The van der Waals surface area contributed by atoms with Gasteiger partial charge in [-0.05, 0) is 40.8 Å². The Morgan fingerprint density at radius 1 is 1.00 bits per heavy atom. The molecule has 3 aromatic rings. The fraction of sp³-hybridized carbons (Fsp3) is 0.222. The van der Waals surface area contributed by atoms with Gasteiger partial charge in [0.1, 0.15) is 6.33 Å². The van der Waals surface area contributed by atoms with Gasteiger partial charge in [-0.25, -0.2) is 4.68 Å². The van der Waals surface area contributed by atoms with Crippen molar-refractivity contribution in [2.24, 2.45) is 0 Å². The van der Waals surface area contributed by atoms with Gasteiger partial charge in [0, 0.05) is 31.7 Å². The summed E-state index contributed by atoms with van der Waals surface area (Å²) >= 11 is 6.28. The Hall–Kier alpha value is -2.93. The van der Waals surface area contributed by atoms with E-state index >= 15 is 0 Å². The van der Waals surface area contributed by atoms with Crippen LogP contribution in [0.3, 0.4) is 0 Å². The zero-order chi connectivity index (χ0) is 17.9. The lowest BCUT2D eigenvalue weighted by Crippen LogP contribution is -2.48. The van der Waals surface area contributed by atoms with E-state index in [2.05, 4.69) is 20.4 Å². The van der Waals surface area contributed by atoms with E-state index in [9.17, 15) is 4.79 Å². The molecule has 1 saturated heterocycles. The molecule has 1 aliphatic rings. The molecule has 0 unspecified atom stereocenters. The van der Waals surface area contributed by atoms with Gasteiger partial charge in [-0.2, -0.15) is 0 Å². The number of carbonyl (C=O) groups excluding carboxylic acids is 1. The number of aromatic nitrogens is 4. The first-order chi connectivity index (χ1) is 12.7. The number of anilines is 1. The molecule has 8 heteroatoms. The number of benzene rings is 2. The number of rotatable bonds is 3. The average Bonchev–Trinajstić information content (AvgIpc) is 3.23.